The van der Waals surface area contributed by atoms with Crippen molar-refractivity contribution in [3.05, 3.63) is 28.3 Å². The molecule has 9 heteroatoms. The highest BCUT2D eigenvalue weighted by Crippen LogP contribution is 2.25. The number of anilines is 1. The van der Waals surface area contributed by atoms with Gasteiger partial charge in [0.15, 0.2) is 5.82 Å². The van der Waals surface area contributed by atoms with Gasteiger partial charge >= 0.3 is 5.97 Å². The van der Waals surface area contributed by atoms with Gasteiger partial charge in [0.2, 0.25) is 0 Å². The Kier molecular flexibility index (Phi) is 3.35. The Morgan fingerprint density at radius 2 is 2.17 bits per heavy atom. The van der Waals surface area contributed by atoms with Gasteiger partial charge in [-0.05, 0) is 6.07 Å². The number of nitrogen functional groups attached to an aromatic ring is 1. The zero-order valence-corrected chi connectivity index (χ0v) is 10.6. The van der Waals surface area contributed by atoms with Crippen molar-refractivity contribution in [3.63, 3.8) is 0 Å². The molecule has 2 aromatic rings. The minimum absolute atomic E-state index is 0.103. The number of esters is 1. The van der Waals surface area contributed by atoms with Crippen LogP contribution in [0.15, 0.2) is 12.4 Å². The Morgan fingerprint density at radius 1 is 1.44 bits per heavy atom. The highest BCUT2D eigenvalue weighted by atomic mass is 35.5. The molecule has 2 N–H and O–H groups in total. The molecule has 0 aliphatic heterocycles. The molecular weight excluding hydrogens is 281 g/mol. The number of carbonyl (C=O) groups is 1. The third-order valence-electron chi connectivity index (χ3n) is 2.01. The quantitative estimate of drug-likeness (QED) is 0.838. The molecule has 0 atom stereocenters. The number of hydrogen-bond donors (Lipinski definition) is 1. The summed E-state index contributed by atoms with van der Waals surface area (Å²) in [7, 11) is 1.23. The minimum atomic E-state index is -0.660. The molecule has 0 radical (unpaired) electrons. The number of aromatic nitrogens is 4. The van der Waals surface area contributed by atoms with Gasteiger partial charge in [-0.1, -0.05) is 23.2 Å². The molecule has 94 valence electrons. The molecule has 0 saturated heterocycles. The number of pyridine rings is 1. The smallest absolute Gasteiger partial charge is 0.377 e. The van der Waals surface area contributed by atoms with Crippen LogP contribution in [0.2, 0.25) is 10.0 Å². The molecule has 2 aromatic heterocycles. The summed E-state index contributed by atoms with van der Waals surface area (Å²) in [5.41, 5.74) is 5.56. The molecule has 18 heavy (non-hydrogen) atoms. The van der Waals surface area contributed by atoms with Crippen LogP contribution in [0.4, 0.5) is 5.82 Å². The van der Waals surface area contributed by atoms with E-state index in [1.807, 2.05) is 0 Å². The second kappa shape index (κ2) is 4.79. The van der Waals surface area contributed by atoms with E-state index in [2.05, 4.69) is 19.8 Å². The standard InChI is InChI=1S/C9H7Cl2N5O2/c1-18-9(17)7-13-3-16(15-7)8-5(11)2-4(10)6(12)14-8/h2-3H,1H3,(H2,12,14). The Balaban J connectivity index is 2.46. The van der Waals surface area contributed by atoms with Gasteiger partial charge in [-0.15, -0.1) is 5.10 Å². The summed E-state index contributed by atoms with van der Waals surface area (Å²) in [6.45, 7) is 0. The lowest BCUT2D eigenvalue weighted by atomic mass is 10.4. The second-order valence-corrected chi connectivity index (χ2v) is 3.98. The Morgan fingerprint density at radius 3 is 2.83 bits per heavy atom. The highest BCUT2D eigenvalue weighted by Gasteiger charge is 2.15. The van der Waals surface area contributed by atoms with Crippen LogP contribution in [-0.4, -0.2) is 32.8 Å². The Labute approximate surface area is 111 Å². The van der Waals surface area contributed by atoms with Crippen LogP contribution in [0.1, 0.15) is 10.6 Å². The maximum absolute atomic E-state index is 11.2. The van der Waals surface area contributed by atoms with Gasteiger partial charge in [0.05, 0.1) is 17.2 Å². The van der Waals surface area contributed by atoms with Crippen molar-refractivity contribution >= 4 is 35.0 Å². The van der Waals surface area contributed by atoms with Crippen LogP contribution >= 0.6 is 23.2 Å². The average molecular weight is 288 g/mol. The molecule has 0 bridgehead atoms. The molecule has 0 unspecified atom stereocenters. The number of nitrogens with two attached hydrogens (primary N) is 1. The number of halogens is 2. The molecule has 0 spiro atoms. The molecule has 0 aliphatic rings. The van der Waals surface area contributed by atoms with Crippen molar-refractivity contribution < 1.29 is 9.53 Å². The number of ether oxygens (including phenoxy) is 1. The first-order valence-electron chi connectivity index (χ1n) is 4.64. The van der Waals surface area contributed by atoms with Crippen molar-refractivity contribution in [2.45, 2.75) is 0 Å². The van der Waals surface area contributed by atoms with E-state index in [-0.39, 0.29) is 27.5 Å². The van der Waals surface area contributed by atoms with Crippen molar-refractivity contribution in [1.82, 2.24) is 19.7 Å². The first-order chi connectivity index (χ1) is 8.52. The summed E-state index contributed by atoms with van der Waals surface area (Å²) in [5, 5.41) is 4.33. The number of hydrogen-bond acceptors (Lipinski definition) is 6. The summed E-state index contributed by atoms with van der Waals surface area (Å²) < 4.78 is 5.69. The molecule has 2 heterocycles. The fourth-order valence-corrected chi connectivity index (χ4v) is 1.63. The summed E-state index contributed by atoms with van der Waals surface area (Å²) in [6, 6.07) is 1.43. The van der Waals surface area contributed by atoms with Crippen LogP contribution in [0.25, 0.3) is 5.82 Å². The fraction of sp³-hybridized carbons (Fsp3) is 0.111. The largest absolute Gasteiger partial charge is 0.463 e. The SMILES string of the molecule is COC(=O)c1ncn(-c2nc(N)c(Cl)cc2Cl)n1. The highest BCUT2D eigenvalue weighted by molar-refractivity contribution is 6.36. The monoisotopic (exact) mass is 287 g/mol. The van der Waals surface area contributed by atoms with Gasteiger partial charge < -0.3 is 10.5 Å². The first-order valence-corrected chi connectivity index (χ1v) is 5.40. The van der Waals surface area contributed by atoms with E-state index in [4.69, 9.17) is 28.9 Å². The maximum atomic E-state index is 11.2. The van der Waals surface area contributed by atoms with Gasteiger partial charge in [-0.3, -0.25) is 0 Å². The molecule has 2 rings (SSSR count). The average Bonchev–Trinajstić information content (AvgIpc) is 2.82. The zero-order chi connectivity index (χ0) is 13.3. The Hall–Kier alpha value is -1.86. The van der Waals surface area contributed by atoms with Gasteiger partial charge in [0, 0.05) is 0 Å². The molecule has 0 aliphatic carbocycles. The van der Waals surface area contributed by atoms with E-state index in [0.717, 1.165) is 0 Å². The van der Waals surface area contributed by atoms with E-state index in [1.165, 1.54) is 24.2 Å². The van der Waals surface area contributed by atoms with Crippen molar-refractivity contribution in [2.24, 2.45) is 0 Å². The van der Waals surface area contributed by atoms with Crippen molar-refractivity contribution in [3.8, 4) is 5.82 Å². The first kappa shape index (κ1) is 12.6. The van der Waals surface area contributed by atoms with Crippen molar-refractivity contribution in [2.75, 3.05) is 12.8 Å². The predicted octanol–water partition coefficient (Wildman–Crippen LogP) is 1.34. The number of rotatable bonds is 2. The van der Waals surface area contributed by atoms with Crippen LogP contribution in [0, 0.1) is 0 Å². The third kappa shape index (κ3) is 2.22. The lowest BCUT2D eigenvalue weighted by Gasteiger charge is -2.04. The summed E-state index contributed by atoms with van der Waals surface area (Å²) >= 11 is 11.7. The van der Waals surface area contributed by atoms with Gasteiger partial charge in [0.1, 0.15) is 12.1 Å². The van der Waals surface area contributed by atoms with E-state index in [0.29, 0.717) is 0 Å². The van der Waals surface area contributed by atoms with E-state index in [9.17, 15) is 4.79 Å². The summed E-state index contributed by atoms with van der Waals surface area (Å²) in [6.07, 6.45) is 1.27. The third-order valence-corrected chi connectivity index (χ3v) is 2.60. The molecule has 7 nitrogen and oxygen atoms in total. The zero-order valence-electron chi connectivity index (χ0n) is 9.09. The summed E-state index contributed by atoms with van der Waals surface area (Å²) in [5.74, 6) is -0.442. The number of nitrogens with zero attached hydrogens (tertiary/aromatic N) is 4. The van der Waals surface area contributed by atoms with Crippen molar-refractivity contribution in [1.29, 1.82) is 0 Å². The normalized spacial score (nSPS) is 10.4. The van der Waals surface area contributed by atoms with Gasteiger partial charge in [-0.25, -0.2) is 19.4 Å². The predicted molar refractivity (Wildman–Crippen MR) is 64.9 cm³/mol. The minimum Gasteiger partial charge on any atom is -0.463 e. The van der Waals surface area contributed by atoms with Gasteiger partial charge in [-0.2, -0.15) is 0 Å². The van der Waals surface area contributed by atoms with Crippen LogP contribution in [-0.2, 0) is 4.74 Å². The topological polar surface area (TPSA) is 95.9 Å². The maximum Gasteiger partial charge on any atom is 0.377 e. The Bertz CT molecular complexity index is 613. The lowest BCUT2D eigenvalue weighted by Crippen LogP contribution is -2.07. The van der Waals surface area contributed by atoms with Crippen LogP contribution in [0.3, 0.4) is 0 Å². The molecular formula is C9H7Cl2N5O2. The molecule has 0 saturated carbocycles. The van der Waals surface area contributed by atoms with Crippen LogP contribution in [0.5, 0.6) is 0 Å². The summed E-state index contributed by atoms with van der Waals surface area (Å²) in [4.78, 5) is 18.9. The van der Waals surface area contributed by atoms with Gasteiger partial charge in [0.25, 0.3) is 5.82 Å². The van der Waals surface area contributed by atoms with E-state index >= 15 is 0 Å². The lowest BCUT2D eigenvalue weighted by molar-refractivity contribution is 0.0587. The fourth-order valence-electron chi connectivity index (χ4n) is 1.18. The molecule has 0 amide bonds. The van der Waals surface area contributed by atoms with Crippen LogP contribution < -0.4 is 5.73 Å². The van der Waals surface area contributed by atoms with E-state index in [1.54, 1.807) is 0 Å². The molecule has 0 fully saturated rings. The second-order valence-electron chi connectivity index (χ2n) is 3.17. The number of methoxy groups -OCH3 is 1. The van der Waals surface area contributed by atoms with E-state index < -0.39 is 5.97 Å². The molecule has 0 aromatic carbocycles. The number of carbonyl (C=O) groups excluding carboxylic acids is 1.